The maximum Gasteiger partial charge on any atom is 0.322 e. The predicted octanol–water partition coefficient (Wildman–Crippen LogP) is 1.01. The van der Waals surface area contributed by atoms with Gasteiger partial charge in [-0.25, -0.2) is 8.42 Å². The van der Waals surface area contributed by atoms with Gasteiger partial charge < -0.3 is 9.84 Å². The zero-order valence-corrected chi connectivity index (χ0v) is 12.1. The predicted molar refractivity (Wildman–Crippen MR) is 72.2 cm³/mol. The lowest BCUT2D eigenvalue weighted by atomic mass is 10.1. The van der Waals surface area contributed by atoms with Gasteiger partial charge in [-0.05, 0) is 29.7 Å². The first-order chi connectivity index (χ1) is 9.31. The first-order valence-electron chi connectivity index (χ1n) is 6.32. The lowest BCUT2D eigenvalue weighted by molar-refractivity contribution is -0.140. The van der Waals surface area contributed by atoms with Gasteiger partial charge in [0.25, 0.3) is 0 Å². The Morgan fingerprint density at radius 3 is 2.70 bits per heavy atom. The highest BCUT2D eigenvalue weighted by Crippen LogP contribution is 2.27. The van der Waals surface area contributed by atoms with Crippen molar-refractivity contribution in [2.45, 2.75) is 31.2 Å². The van der Waals surface area contributed by atoms with E-state index in [4.69, 9.17) is 9.84 Å². The van der Waals surface area contributed by atoms with Crippen molar-refractivity contribution in [2.24, 2.45) is 5.92 Å². The Bertz CT molecular complexity index is 624. The number of benzene rings is 1. The fourth-order valence-electron chi connectivity index (χ4n) is 2.04. The van der Waals surface area contributed by atoms with Crippen molar-refractivity contribution in [3.05, 3.63) is 23.8 Å². The second kappa shape index (κ2) is 5.41. The molecular weight excluding hydrogens is 282 g/mol. The van der Waals surface area contributed by atoms with Gasteiger partial charge in [0.05, 0.1) is 11.5 Å². The van der Waals surface area contributed by atoms with Gasteiger partial charge in [-0.1, -0.05) is 13.8 Å². The molecule has 2 rings (SSSR count). The van der Waals surface area contributed by atoms with E-state index in [1.807, 2.05) is 0 Å². The van der Waals surface area contributed by atoms with Gasteiger partial charge in [-0.15, -0.1) is 0 Å². The average molecular weight is 299 g/mol. The highest BCUT2D eigenvalue weighted by Gasteiger charge is 2.28. The molecule has 0 saturated carbocycles. The molecule has 1 aromatic rings. The third-order valence-electron chi connectivity index (χ3n) is 3.19. The Morgan fingerprint density at radius 1 is 1.40 bits per heavy atom. The lowest BCUT2D eigenvalue weighted by Crippen LogP contribution is -2.44. The Kier molecular flexibility index (Phi) is 4.01. The van der Waals surface area contributed by atoms with Crippen molar-refractivity contribution in [2.75, 3.05) is 6.61 Å². The molecule has 1 aliphatic heterocycles. The molecule has 1 atom stereocenters. The molecule has 0 spiro atoms. The first-order valence-corrected chi connectivity index (χ1v) is 7.80. The molecule has 110 valence electrons. The molecule has 1 aromatic carbocycles. The van der Waals surface area contributed by atoms with Crippen molar-refractivity contribution in [3.63, 3.8) is 0 Å². The largest absolute Gasteiger partial charge is 0.493 e. The molecule has 1 aliphatic rings. The number of hydrogen-bond donors (Lipinski definition) is 2. The van der Waals surface area contributed by atoms with Gasteiger partial charge in [0.1, 0.15) is 11.8 Å². The van der Waals surface area contributed by atoms with Crippen LogP contribution in [0.1, 0.15) is 19.4 Å². The van der Waals surface area contributed by atoms with E-state index in [2.05, 4.69) is 4.72 Å². The average Bonchev–Trinajstić information content (AvgIpc) is 2.82. The van der Waals surface area contributed by atoms with Crippen molar-refractivity contribution in [3.8, 4) is 5.75 Å². The number of hydrogen-bond acceptors (Lipinski definition) is 4. The third-order valence-corrected chi connectivity index (χ3v) is 4.62. The maximum absolute atomic E-state index is 12.2. The Labute approximate surface area is 117 Å². The Hall–Kier alpha value is -1.60. The second-order valence-corrected chi connectivity index (χ2v) is 6.76. The minimum absolute atomic E-state index is 0.0636. The van der Waals surface area contributed by atoms with Gasteiger partial charge in [0.15, 0.2) is 0 Å². The van der Waals surface area contributed by atoms with Gasteiger partial charge in [0, 0.05) is 6.42 Å². The van der Waals surface area contributed by atoms with E-state index in [0.29, 0.717) is 18.8 Å². The lowest BCUT2D eigenvalue weighted by Gasteiger charge is -2.18. The molecule has 0 fully saturated rings. The molecule has 6 nitrogen and oxygen atoms in total. The van der Waals surface area contributed by atoms with E-state index in [0.717, 1.165) is 5.56 Å². The minimum atomic E-state index is -3.86. The summed E-state index contributed by atoms with van der Waals surface area (Å²) < 4.78 is 32.0. The maximum atomic E-state index is 12.2. The molecule has 0 bridgehead atoms. The number of rotatable bonds is 5. The molecule has 7 heteroatoms. The van der Waals surface area contributed by atoms with Crippen LogP contribution in [0, 0.1) is 5.92 Å². The molecular formula is C13H17NO5S. The topological polar surface area (TPSA) is 92.7 Å². The van der Waals surface area contributed by atoms with E-state index < -0.39 is 22.0 Å². The van der Waals surface area contributed by atoms with E-state index in [9.17, 15) is 13.2 Å². The fourth-order valence-corrected chi connectivity index (χ4v) is 3.42. The van der Waals surface area contributed by atoms with E-state index in [1.165, 1.54) is 12.1 Å². The number of ether oxygens (including phenoxy) is 1. The van der Waals surface area contributed by atoms with Crippen molar-refractivity contribution >= 4 is 16.0 Å². The quantitative estimate of drug-likeness (QED) is 0.846. The number of nitrogens with one attached hydrogen (secondary N) is 1. The summed E-state index contributed by atoms with van der Waals surface area (Å²) in [6, 6.07) is 3.40. The Balaban J connectivity index is 2.28. The number of sulfonamides is 1. The van der Waals surface area contributed by atoms with Crippen LogP contribution >= 0.6 is 0 Å². The van der Waals surface area contributed by atoms with E-state index >= 15 is 0 Å². The number of carboxylic acid groups (broad SMARTS) is 1. The first kappa shape index (κ1) is 14.8. The summed E-state index contributed by atoms with van der Waals surface area (Å²) in [5.41, 5.74) is 0.823. The fraction of sp³-hybridized carbons (Fsp3) is 0.462. The summed E-state index contributed by atoms with van der Waals surface area (Å²) in [5, 5.41) is 9.06. The summed E-state index contributed by atoms with van der Waals surface area (Å²) in [6.07, 6.45) is 0.658. The molecule has 0 radical (unpaired) electrons. The molecule has 2 N–H and O–H groups in total. The van der Waals surface area contributed by atoms with Crippen LogP contribution in [0.25, 0.3) is 0 Å². The van der Waals surface area contributed by atoms with Crippen LogP contribution in [0.15, 0.2) is 23.1 Å². The SMILES string of the molecule is CC(C)C(NS(=O)(=O)c1ccc2c(c1)CCO2)C(=O)O. The van der Waals surface area contributed by atoms with Crippen LogP contribution in [0.2, 0.25) is 0 Å². The molecule has 0 aromatic heterocycles. The van der Waals surface area contributed by atoms with Crippen molar-refractivity contribution < 1.29 is 23.1 Å². The number of carboxylic acids is 1. The third kappa shape index (κ3) is 2.94. The number of carbonyl (C=O) groups is 1. The molecule has 0 saturated heterocycles. The van der Waals surface area contributed by atoms with E-state index in [-0.39, 0.29) is 10.8 Å². The molecule has 1 heterocycles. The van der Waals surface area contributed by atoms with Crippen LogP contribution in [0.5, 0.6) is 5.75 Å². The van der Waals surface area contributed by atoms with Crippen LogP contribution in [0.3, 0.4) is 0 Å². The smallest absolute Gasteiger partial charge is 0.322 e. The molecule has 20 heavy (non-hydrogen) atoms. The second-order valence-electron chi connectivity index (χ2n) is 5.05. The molecule has 0 aliphatic carbocycles. The van der Waals surface area contributed by atoms with Crippen LogP contribution in [-0.4, -0.2) is 32.1 Å². The van der Waals surface area contributed by atoms with Gasteiger partial charge >= 0.3 is 5.97 Å². The van der Waals surface area contributed by atoms with Crippen molar-refractivity contribution in [1.29, 1.82) is 0 Å². The molecule has 1 unspecified atom stereocenters. The standard InChI is InChI=1S/C13H17NO5S/c1-8(2)12(13(15)16)14-20(17,18)10-3-4-11-9(7-10)5-6-19-11/h3-4,7-8,12,14H,5-6H2,1-2H3,(H,15,16). The number of fused-ring (bicyclic) bond motifs is 1. The summed E-state index contributed by atoms with van der Waals surface area (Å²) in [5.74, 6) is -0.851. The van der Waals surface area contributed by atoms with E-state index in [1.54, 1.807) is 19.9 Å². The van der Waals surface area contributed by atoms with Crippen LogP contribution < -0.4 is 9.46 Å². The summed E-state index contributed by atoms with van der Waals surface area (Å²) >= 11 is 0. The summed E-state index contributed by atoms with van der Waals surface area (Å²) in [7, 11) is -3.86. The van der Waals surface area contributed by atoms with Gasteiger partial charge in [0.2, 0.25) is 10.0 Å². The highest BCUT2D eigenvalue weighted by molar-refractivity contribution is 7.89. The Morgan fingerprint density at radius 2 is 2.10 bits per heavy atom. The zero-order valence-electron chi connectivity index (χ0n) is 11.3. The van der Waals surface area contributed by atoms with Crippen LogP contribution in [-0.2, 0) is 21.2 Å². The molecule has 0 amide bonds. The minimum Gasteiger partial charge on any atom is -0.493 e. The summed E-state index contributed by atoms with van der Waals surface area (Å²) in [4.78, 5) is 11.2. The van der Waals surface area contributed by atoms with Gasteiger partial charge in [-0.3, -0.25) is 4.79 Å². The normalized spacial score (nSPS) is 15.8. The summed E-state index contributed by atoms with van der Waals surface area (Å²) in [6.45, 7) is 3.84. The monoisotopic (exact) mass is 299 g/mol. The van der Waals surface area contributed by atoms with Gasteiger partial charge in [-0.2, -0.15) is 4.72 Å². The number of aliphatic carboxylic acids is 1. The highest BCUT2D eigenvalue weighted by atomic mass is 32.2. The zero-order chi connectivity index (χ0) is 14.9. The van der Waals surface area contributed by atoms with Crippen molar-refractivity contribution in [1.82, 2.24) is 4.72 Å². The van der Waals surface area contributed by atoms with Crippen LogP contribution in [0.4, 0.5) is 0 Å².